The predicted octanol–water partition coefficient (Wildman–Crippen LogP) is 1.97. The second-order valence-electron chi connectivity index (χ2n) is 5.10. The molecule has 21 heavy (non-hydrogen) atoms. The number of rotatable bonds is 10. The Kier molecular flexibility index (Phi) is 8.12. The number of methoxy groups -OCH3 is 1. The zero-order valence-electron chi connectivity index (χ0n) is 13.4. The molecule has 0 aliphatic heterocycles. The van der Waals surface area contributed by atoms with Crippen LogP contribution in [0.3, 0.4) is 0 Å². The number of hydrogen-bond acceptors (Lipinski definition) is 5. The molecule has 0 aliphatic rings. The lowest BCUT2D eigenvalue weighted by Gasteiger charge is -2.17. The van der Waals surface area contributed by atoms with Gasteiger partial charge in [-0.1, -0.05) is 6.92 Å². The molecule has 0 heterocycles. The lowest BCUT2D eigenvalue weighted by molar-refractivity contribution is -0.0124. The lowest BCUT2D eigenvalue weighted by Crippen LogP contribution is -2.25. The Labute approximate surface area is 127 Å². The van der Waals surface area contributed by atoms with E-state index in [4.69, 9.17) is 14.2 Å². The number of aliphatic hydroxyl groups is 1. The van der Waals surface area contributed by atoms with Gasteiger partial charge in [-0.25, -0.2) is 0 Å². The van der Waals surface area contributed by atoms with E-state index in [1.807, 2.05) is 39.0 Å². The zero-order valence-corrected chi connectivity index (χ0v) is 13.4. The van der Waals surface area contributed by atoms with Crippen LogP contribution in [0.2, 0.25) is 0 Å². The molecule has 1 unspecified atom stereocenters. The van der Waals surface area contributed by atoms with Gasteiger partial charge in [-0.3, -0.25) is 0 Å². The summed E-state index contributed by atoms with van der Waals surface area (Å²) in [7, 11) is 1.64. The van der Waals surface area contributed by atoms with Gasteiger partial charge in [0.15, 0.2) is 0 Å². The average Bonchev–Trinajstić information content (AvgIpc) is 2.49. The Balaban J connectivity index is 2.59. The molecule has 0 fully saturated rings. The van der Waals surface area contributed by atoms with Gasteiger partial charge in [0.1, 0.15) is 24.2 Å². The van der Waals surface area contributed by atoms with Crippen molar-refractivity contribution in [1.82, 2.24) is 5.32 Å². The second kappa shape index (κ2) is 9.60. The summed E-state index contributed by atoms with van der Waals surface area (Å²) in [4.78, 5) is 0. The van der Waals surface area contributed by atoms with Gasteiger partial charge in [0.05, 0.1) is 19.8 Å². The van der Waals surface area contributed by atoms with Crippen molar-refractivity contribution in [1.29, 1.82) is 0 Å². The van der Waals surface area contributed by atoms with E-state index in [0.29, 0.717) is 6.54 Å². The van der Waals surface area contributed by atoms with Crippen LogP contribution in [0.4, 0.5) is 0 Å². The minimum Gasteiger partial charge on any atom is -0.497 e. The Morgan fingerprint density at radius 2 is 2.00 bits per heavy atom. The maximum absolute atomic E-state index is 9.84. The van der Waals surface area contributed by atoms with Crippen molar-refractivity contribution in [2.24, 2.45) is 0 Å². The van der Waals surface area contributed by atoms with Crippen molar-refractivity contribution in [3.8, 4) is 11.5 Å². The summed E-state index contributed by atoms with van der Waals surface area (Å²) in [6.45, 7) is 7.97. The van der Waals surface area contributed by atoms with Crippen molar-refractivity contribution in [2.75, 3.05) is 26.9 Å². The maximum atomic E-state index is 9.84. The molecule has 0 saturated heterocycles. The molecule has 1 atom stereocenters. The molecule has 5 nitrogen and oxygen atoms in total. The number of benzene rings is 1. The van der Waals surface area contributed by atoms with Gasteiger partial charge in [-0.15, -0.1) is 0 Å². The molecule has 2 N–H and O–H groups in total. The molecule has 1 aromatic rings. The highest BCUT2D eigenvalue weighted by Crippen LogP contribution is 2.24. The highest BCUT2D eigenvalue weighted by Gasteiger charge is 2.10. The number of ether oxygens (including phenoxy) is 3. The molecule has 0 aromatic heterocycles. The topological polar surface area (TPSA) is 60.0 Å². The third-order valence-electron chi connectivity index (χ3n) is 2.89. The van der Waals surface area contributed by atoms with E-state index in [0.717, 1.165) is 23.6 Å². The number of aliphatic hydroxyl groups excluding tert-OH is 1. The Bertz CT molecular complexity index is 409. The van der Waals surface area contributed by atoms with Crippen molar-refractivity contribution in [3.05, 3.63) is 23.8 Å². The highest BCUT2D eigenvalue weighted by atomic mass is 16.5. The van der Waals surface area contributed by atoms with E-state index in [1.165, 1.54) is 0 Å². The van der Waals surface area contributed by atoms with Gasteiger partial charge in [0.25, 0.3) is 0 Å². The quantitative estimate of drug-likeness (QED) is 0.691. The second-order valence-corrected chi connectivity index (χ2v) is 5.10. The highest BCUT2D eigenvalue weighted by molar-refractivity contribution is 5.40. The van der Waals surface area contributed by atoms with Gasteiger partial charge in [-0.2, -0.15) is 0 Å². The summed E-state index contributed by atoms with van der Waals surface area (Å²) < 4.78 is 16.3. The average molecular weight is 297 g/mol. The molecule has 0 spiro atoms. The van der Waals surface area contributed by atoms with Crippen LogP contribution in [0.25, 0.3) is 0 Å². The van der Waals surface area contributed by atoms with Crippen molar-refractivity contribution >= 4 is 0 Å². The summed E-state index contributed by atoms with van der Waals surface area (Å²) in [5, 5.41) is 13.1. The van der Waals surface area contributed by atoms with Crippen LogP contribution in [0, 0.1) is 0 Å². The summed E-state index contributed by atoms with van der Waals surface area (Å²) >= 11 is 0. The molecule has 0 aliphatic carbocycles. The summed E-state index contributed by atoms with van der Waals surface area (Å²) in [5.74, 6) is 1.54. The van der Waals surface area contributed by atoms with Crippen molar-refractivity contribution in [3.63, 3.8) is 0 Å². The van der Waals surface area contributed by atoms with Crippen LogP contribution >= 0.6 is 0 Å². The molecule has 0 bridgehead atoms. The van der Waals surface area contributed by atoms with Crippen LogP contribution in [0.1, 0.15) is 26.3 Å². The van der Waals surface area contributed by atoms with Crippen LogP contribution < -0.4 is 14.8 Å². The van der Waals surface area contributed by atoms with E-state index in [-0.39, 0.29) is 19.3 Å². The summed E-state index contributed by atoms with van der Waals surface area (Å²) in [6.07, 6.45) is -0.536. The van der Waals surface area contributed by atoms with Gasteiger partial charge >= 0.3 is 0 Å². The van der Waals surface area contributed by atoms with Crippen LogP contribution in [0.15, 0.2) is 18.2 Å². The Morgan fingerprint density at radius 3 is 2.62 bits per heavy atom. The van der Waals surface area contributed by atoms with Crippen LogP contribution in [-0.4, -0.2) is 44.2 Å². The minimum atomic E-state index is -0.638. The molecule has 120 valence electrons. The van der Waals surface area contributed by atoms with Gasteiger partial charge < -0.3 is 24.6 Å². The molecular weight excluding hydrogens is 270 g/mol. The molecular formula is C16H27NO4. The first-order valence-electron chi connectivity index (χ1n) is 7.36. The fourth-order valence-electron chi connectivity index (χ4n) is 1.76. The predicted molar refractivity (Wildman–Crippen MR) is 83.0 cm³/mol. The van der Waals surface area contributed by atoms with E-state index in [1.54, 1.807) is 7.11 Å². The fraction of sp³-hybridized carbons (Fsp3) is 0.625. The number of nitrogens with one attached hydrogen (secondary N) is 1. The van der Waals surface area contributed by atoms with Crippen LogP contribution in [0.5, 0.6) is 11.5 Å². The first kappa shape index (κ1) is 17.8. The monoisotopic (exact) mass is 297 g/mol. The lowest BCUT2D eigenvalue weighted by atomic mass is 10.2. The van der Waals surface area contributed by atoms with E-state index in [9.17, 15) is 5.11 Å². The van der Waals surface area contributed by atoms with Gasteiger partial charge in [0.2, 0.25) is 0 Å². The Morgan fingerprint density at radius 1 is 1.24 bits per heavy atom. The maximum Gasteiger partial charge on any atom is 0.124 e. The van der Waals surface area contributed by atoms with Gasteiger partial charge in [0, 0.05) is 12.1 Å². The molecule has 5 heteroatoms. The normalized spacial score (nSPS) is 12.5. The SMILES string of the molecule is CCNCc1cc(OC)ccc1OCC(O)COC(C)C. The molecule has 0 saturated carbocycles. The summed E-state index contributed by atoms with van der Waals surface area (Å²) in [5.41, 5.74) is 1.01. The zero-order chi connectivity index (χ0) is 15.7. The largest absolute Gasteiger partial charge is 0.497 e. The fourth-order valence-corrected chi connectivity index (χ4v) is 1.76. The van der Waals surface area contributed by atoms with Crippen molar-refractivity contribution < 1.29 is 19.3 Å². The molecule has 0 radical (unpaired) electrons. The third-order valence-corrected chi connectivity index (χ3v) is 2.89. The van der Waals surface area contributed by atoms with E-state index >= 15 is 0 Å². The Hall–Kier alpha value is -1.30. The molecule has 0 amide bonds. The molecule has 1 aromatic carbocycles. The first-order valence-corrected chi connectivity index (χ1v) is 7.36. The molecule has 1 rings (SSSR count). The first-order chi connectivity index (χ1) is 10.1. The smallest absolute Gasteiger partial charge is 0.124 e. The van der Waals surface area contributed by atoms with Gasteiger partial charge in [-0.05, 0) is 38.6 Å². The van der Waals surface area contributed by atoms with Crippen LogP contribution in [-0.2, 0) is 11.3 Å². The standard InChI is InChI=1S/C16H27NO4/c1-5-17-9-13-8-15(19-4)6-7-16(13)21-11-14(18)10-20-12(2)3/h6-8,12,14,17-18H,5,9-11H2,1-4H3. The minimum absolute atomic E-state index is 0.102. The number of hydrogen-bond donors (Lipinski definition) is 2. The third kappa shape index (κ3) is 6.80. The van der Waals surface area contributed by atoms with E-state index in [2.05, 4.69) is 5.32 Å². The van der Waals surface area contributed by atoms with E-state index < -0.39 is 6.10 Å². The summed E-state index contributed by atoms with van der Waals surface area (Å²) in [6, 6.07) is 5.65. The van der Waals surface area contributed by atoms with Crippen molar-refractivity contribution in [2.45, 2.75) is 39.5 Å².